The Bertz CT molecular complexity index is 1550. The smallest absolute Gasteiger partial charge is 0.256 e. The van der Waals surface area contributed by atoms with Crippen molar-refractivity contribution in [3.8, 4) is 11.5 Å². The van der Waals surface area contributed by atoms with E-state index in [9.17, 15) is 9.90 Å². The molecule has 3 aliphatic heterocycles. The van der Waals surface area contributed by atoms with Crippen molar-refractivity contribution in [2.24, 2.45) is 5.92 Å². The number of carbonyl (C=O) groups excluding carboxylic acids is 1. The Kier molecular flexibility index (Phi) is 4.49. The molecule has 9 rings (SSSR count). The Hall–Kier alpha value is -3.16. The predicted octanol–water partition coefficient (Wildman–Crippen LogP) is 4.53. The number of likely N-dealkylation sites (tertiary alicyclic amines) is 1. The fraction of sp³-hybridized carbons (Fsp3) is 0.484. The number of hydrogen-bond acceptors (Lipinski definition) is 6. The van der Waals surface area contributed by atoms with Crippen molar-refractivity contribution in [1.82, 2.24) is 9.88 Å². The van der Waals surface area contributed by atoms with Gasteiger partial charge in [0.2, 0.25) is 0 Å². The van der Waals surface area contributed by atoms with E-state index in [1.54, 1.807) is 7.11 Å². The number of ether oxygens (including phenoxy) is 2. The molecule has 1 saturated heterocycles. The molecule has 3 aliphatic carbocycles. The van der Waals surface area contributed by atoms with Crippen LogP contribution in [0.3, 0.4) is 0 Å². The molecule has 1 aromatic heterocycles. The molecule has 4 atom stereocenters. The Balaban J connectivity index is 0.00000110. The molecule has 2 aromatic carbocycles. The van der Waals surface area contributed by atoms with Crippen molar-refractivity contribution in [2.75, 3.05) is 25.5 Å². The van der Waals surface area contributed by atoms with E-state index in [-0.39, 0.29) is 11.9 Å². The van der Waals surface area contributed by atoms with Crippen molar-refractivity contribution >= 4 is 22.5 Å². The Morgan fingerprint density at radius 1 is 1.24 bits per heavy atom. The van der Waals surface area contributed by atoms with Crippen molar-refractivity contribution < 1.29 is 19.4 Å². The maximum absolute atomic E-state index is 13.0. The molecule has 2 N–H and O–H groups in total. The number of nitrogens with one attached hydrogen (secondary N) is 1. The average molecular weight is 512 g/mol. The maximum atomic E-state index is 13.0. The van der Waals surface area contributed by atoms with Gasteiger partial charge in [0.1, 0.15) is 0 Å². The molecule has 2 fully saturated rings. The number of aliphatic hydroxyl groups is 1. The van der Waals surface area contributed by atoms with E-state index in [1.807, 2.05) is 38.1 Å². The van der Waals surface area contributed by atoms with Gasteiger partial charge in [-0.05, 0) is 61.9 Å². The van der Waals surface area contributed by atoms with E-state index in [2.05, 4.69) is 16.3 Å². The lowest BCUT2D eigenvalue weighted by Gasteiger charge is -2.63. The van der Waals surface area contributed by atoms with E-state index in [4.69, 9.17) is 14.5 Å². The second kappa shape index (κ2) is 7.48. The van der Waals surface area contributed by atoms with Crippen LogP contribution in [0.15, 0.2) is 30.3 Å². The topological polar surface area (TPSA) is 83.9 Å². The normalized spacial score (nSPS) is 31.1. The van der Waals surface area contributed by atoms with Crippen molar-refractivity contribution in [1.29, 1.82) is 0 Å². The van der Waals surface area contributed by atoms with Crippen LogP contribution in [0.5, 0.6) is 11.5 Å². The van der Waals surface area contributed by atoms with Crippen LogP contribution in [0.2, 0.25) is 0 Å². The largest absolute Gasteiger partial charge is 0.493 e. The highest BCUT2D eigenvalue weighted by Gasteiger charge is 2.73. The van der Waals surface area contributed by atoms with Crippen LogP contribution in [-0.4, -0.2) is 52.7 Å². The van der Waals surface area contributed by atoms with Gasteiger partial charge in [-0.1, -0.05) is 26.0 Å². The Labute approximate surface area is 222 Å². The fourth-order valence-corrected chi connectivity index (χ4v) is 8.35. The molecule has 6 aliphatic rings. The van der Waals surface area contributed by atoms with Crippen LogP contribution in [0.4, 0.5) is 5.69 Å². The van der Waals surface area contributed by atoms with Gasteiger partial charge in [-0.3, -0.25) is 9.69 Å². The molecule has 1 amide bonds. The number of hydrogen-bond donors (Lipinski definition) is 2. The number of aromatic nitrogens is 1. The molecule has 7 heteroatoms. The fourth-order valence-electron chi connectivity index (χ4n) is 8.35. The molecule has 196 valence electrons. The number of rotatable bonds is 3. The van der Waals surface area contributed by atoms with Crippen LogP contribution >= 0.6 is 0 Å². The van der Waals surface area contributed by atoms with E-state index in [0.29, 0.717) is 17.7 Å². The molecule has 38 heavy (non-hydrogen) atoms. The SMILES string of the molecule is CC.COc1ccc2c3c1OC1c4nc5cccc6c5c(c4CC4(O)[C@@H](C2)N(CC2CC2)CC[C@]314)NC6=O. The van der Waals surface area contributed by atoms with Crippen LogP contribution in [0, 0.1) is 5.92 Å². The van der Waals surface area contributed by atoms with Gasteiger partial charge >= 0.3 is 0 Å². The lowest BCUT2D eigenvalue weighted by atomic mass is 9.48. The monoisotopic (exact) mass is 511 g/mol. The summed E-state index contributed by atoms with van der Waals surface area (Å²) in [5.74, 6) is 2.11. The van der Waals surface area contributed by atoms with E-state index >= 15 is 0 Å². The zero-order chi connectivity index (χ0) is 26.0. The zero-order valence-electron chi connectivity index (χ0n) is 22.1. The molecular weight excluding hydrogens is 478 g/mol. The predicted molar refractivity (Wildman–Crippen MR) is 144 cm³/mol. The van der Waals surface area contributed by atoms with E-state index < -0.39 is 17.1 Å². The number of amides is 1. The minimum absolute atomic E-state index is 0.00631. The number of methoxy groups -OCH3 is 1. The Morgan fingerprint density at radius 3 is 2.87 bits per heavy atom. The first kappa shape index (κ1) is 22.8. The van der Waals surface area contributed by atoms with Gasteiger partial charge in [0.25, 0.3) is 5.91 Å². The number of pyridine rings is 1. The summed E-state index contributed by atoms with van der Waals surface area (Å²) in [5.41, 5.74) is 4.80. The third-order valence-corrected chi connectivity index (χ3v) is 10.0. The maximum Gasteiger partial charge on any atom is 0.256 e. The highest BCUT2D eigenvalue weighted by Crippen LogP contribution is 2.69. The quantitative estimate of drug-likeness (QED) is 0.538. The summed E-state index contributed by atoms with van der Waals surface area (Å²) in [4.78, 5) is 20.6. The van der Waals surface area contributed by atoms with Gasteiger partial charge in [0.15, 0.2) is 17.6 Å². The molecule has 0 radical (unpaired) electrons. The highest BCUT2D eigenvalue weighted by molar-refractivity contribution is 6.24. The minimum Gasteiger partial charge on any atom is -0.493 e. The molecule has 1 saturated carbocycles. The second-order valence-corrected chi connectivity index (χ2v) is 11.6. The molecule has 4 heterocycles. The zero-order valence-corrected chi connectivity index (χ0v) is 22.1. The van der Waals surface area contributed by atoms with Gasteiger partial charge in [0, 0.05) is 35.5 Å². The highest BCUT2D eigenvalue weighted by atomic mass is 16.5. The number of carbonyl (C=O) groups is 1. The molecule has 2 unspecified atom stereocenters. The number of benzene rings is 2. The van der Waals surface area contributed by atoms with Crippen LogP contribution in [0.25, 0.3) is 10.9 Å². The number of nitrogens with zero attached hydrogens (tertiary/aromatic N) is 2. The third kappa shape index (κ3) is 2.52. The van der Waals surface area contributed by atoms with Gasteiger partial charge in [-0.25, -0.2) is 4.98 Å². The van der Waals surface area contributed by atoms with Crippen LogP contribution in [-0.2, 0) is 18.3 Å². The lowest BCUT2D eigenvalue weighted by molar-refractivity contribution is -0.173. The molecule has 7 nitrogen and oxygen atoms in total. The summed E-state index contributed by atoms with van der Waals surface area (Å²) in [5, 5.41) is 17.0. The molecule has 1 spiro atoms. The second-order valence-electron chi connectivity index (χ2n) is 11.6. The summed E-state index contributed by atoms with van der Waals surface area (Å²) < 4.78 is 12.6. The van der Waals surface area contributed by atoms with Crippen molar-refractivity contribution in [3.63, 3.8) is 0 Å². The number of fused-ring (bicyclic) bond motifs is 3. The van der Waals surface area contributed by atoms with E-state index in [1.165, 1.54) is 18.4 Å². The minimum atomic E-state index is -1.03. The average Bonchev–Trinajstić information content (AvgIpc) is 3.58. The summed E-state index contributed by atoms with van der Waals surface area (Å²) in [7, 11) is 1.68. The summed E-state index contributed by atoms with van der Waals surface area (Å²) in [6, 6.07) is 9.89. The molecule has 3 aromatic rings. The Morgan fingerprint density at radius 2 is 2.08 bits per heavy atom. The van der Waals surface area contributed by atoms with Gasteiger partial charge in [-0.15, -0.1) is 0 Å². The molecular formula is C31H33N3O4. The first-order valence-electron chi connectivity index (χ1n) is 14.1. The van der Waals surface area contributed by atoms with E-state index in [0.717, 1.165) is 71.0 Å². The number of piperidine rings is 1. The lowest BCUT2D eigenvalue weighted by Crippen LogP contribution is -2.74. The standard InChI is InChI=1S/C29H27N3O4.C2H6/c1-35-19-8-7-15-11-20-29(34)12-17-23-21-16(27(33)31-23)3-2-4-18(21)30-24(17)26-28(29,22(15)25(19)36-26)9-10-32(20)13-14-5-6-14;1-2/h2-4,7-8,14,20,26,34H,5-6,9-13H2,1H3,(H,31,33);1-2H3/t20-,26?,28+,29?;/m1./s1. The van der Waals surface area contributed by atoms with Gasteiger partial charge in [0.05, 0.1) is 40.6 Å². The van der Waals surface area contributed by atoms with Crippen LogP contribution < -0.4 is 14.8 Å². The van der Waals surface area contributed by atoms with Crippen molar-refractivity contribution in [2.45, 2.75) is 69.1 Å². The van der Waals surface area contributed by atoms with Gasteiger partial charge < -0.3 is 19.9 Å². The first-order chi connectivity index (χ1) is 18.5. The van der Waals surface area contributed by atoms with Crippen LogP contribution in [0.1, 0.15) is 72.0 Å². The summed E-state index contributed by atoms with van der Waals surface area (Å²) in [6.45, 7) is 5.99. The molecule has 2 bridgehead atoms. The summed E-state index contributed by atoms with van der Waals surface area (Å²) >= 11 is 0. The number of anilines is 1. The first-order valence-corrected chi connectivity index (χ1v) is 14.1. The summed E-state index contributed by atoms with van der Waals surface area (Å²) in [6.07, 6.45) is 4.20. The van der Waals surface area contributed by atoms with Crippen molar-refractivity contribution in [3.05, 3.63) is 58.3 Å². The van der Waals surface area contributed by atoms with Gasteiger partial charge in [-0.2, -0.15) is 0 Å². The third-order valence-electron chi connectivity index (χ3n) is 10.0.